The summed E-state index contributed by atoms with van der Waals surface area (Å²) >= 11 is 0. The minimum absolute atomic E-state index is 0.373. The molecule has 0 aliphatic carbocycles. The van der Waals surface area contributed by atoms with Gasteiger partial charge in [0.2, 0.25) is 0 Å². The van der Waals surface area contributed by atoms with E-state index in [1.807, 2.05) is 30.3 Å². The highest BCUT2D eigenvalue weighted by Crippen LogP contribution is 2.17. The Labute approximate surface area is 116 Å². The van der Waals surface area contributed by atoms with Crippen LogP contribution in [0.4, 0.5) is 0 Å². The van der Waals surface area contributed by atoms with Crippen LogP contribution in [0.1, 0.15) is 10.4 Å². The maximum absolute atomic E-state index is 12.0. The topological polar surface area (TPSA) is 55.0 Å². The molecule has 0 amide bonds. The second-order valence-corrected chi connectivity index (χ2v) is 4.22. The monoisotopic (exact) mass is 264 g/mol. The van der Waals surface area contributed by atoms with Gasteiger partial charge in [-0.25, -0.2) is 9.78 Å². The molecule has 4 nitrogen and oxygen atoms in total. The van der Waals surface area contributed by atoms with Crippen molar-refractivity contribution in [2.45, 2.75) is 0 Å². The number of para-hydroxylation sites is 1. The van der Waals surface area contributed by atoms with E-state index in [4.69, 9.17) is 4.74 Å². The van der Waals surface area contributed by atoms with E-state index < -0.39 is 0 Å². The SMILES string of the molecule is O=C(Oc1ccccc1)c1ccc(-c2ncc[nH]2)cc1. The number of hydrogen-bond acceptors (Lipinski definition) is 3. The molecule has 4 heteroatoms. The molecule has 0 atom stereocenters. The molecule has 0 unspecified atom stereocenters. The molecule has 3 aromatic rings. The van der Waals surface area contributed by atoms with Crippen molar-refractivity contribution in [3.63, 3.8) is 0 Å². The van der Waals surface area contributed by atoms with Gasteiger partial charge in [-0.2, -0.15) is 0 Å². The van der Waals surface area contributed by atoms with Crippen molar-refractivity contribution < 1.29 is 9.53 Å². The van der Waals surface area contributed by atoms with Gasteiger partial charge in [-0.3, -0.25) is 0 Å². The average molecular weight is 264 g/mol. The minimum Gasteiger partial charge on any atom is -0.423 e. The predicted molar refractivity (Wildman–Crippen MR) is 75.4 cm³/mol. The standard InChI is InChI=1S/C16H12N2O2/c19-16(20-14-4-2-1-3-5-14)13-8-6-12(7-9-13)15-17-10-11-18-15/h1-11H,(H,17,18). The summed E-state index contributed by atoms with van der Waals surface area (Å²) in [7, 11) is 0. The number of carbonyl (C=O) groups is 1. The van der Waals surface area contributed by atoms with Crippen LogP contribution in [0.5, 0.6) is 5.75 Å². The van der Waals surface area contributed by atoms with Crippen LogP contribution in [0.25, 0.3) is 11.4 Å². The largest absolute Gasteiger partial charge is 0.423 e. The Morgan fingerprint density at radius 3 is 2.40 bits per heavy atom. The number of hydrogen-bond donors (Lipinski definition) is 1. The number of benzene rings is 2. The van der Waals surface area contributed by atoms with Gasteiger partial charge in [0, 0.05) is 18.0 Å². The van der Waals surface area contributed by atoms with Gasteiger partial charge in [0.1, 0.15) is 11.6 Å². The Balaban J connectivity index is 1.76. The van der Waals surface area contributed by atoms with Crippen LogP contribution < -0.4 is 4.74 Å². The first-order chi connectivity index (χ1) is 9.83. The molecular weight excluding hydrogens is 252 g/mol. The van der Waals surface area contributed by atoms with E-state index in [0.717, 1.165) is 11.4 Å². The fourth-order valence-electron chi connectivity index (χ4n) is 1.84. The molecule has 20 heavy (non-hydrogen) atoms. The lowest BCUT2D eigenvalue weighted by molar-refractivity contribution is 0.0735. The Morgan fingerprint density at radius 1 is 1.00 bits per heavy atom. The smallest absolute Gasteiger partial charge is 0.343 e. The number of aromatic nitrogens is 2. The molecule has 2 aromatic carbocycles. The third kappa shape index (κ3) is 2.59. The van der Waals surface area contributed by atoms with Crippen LogP contribution in [-0.2, 0) is 0 Å². The van der Waals surface area contributed by atoms with Gasteiger partial charge >= 0.3 is 5.97 Å². The minimum atomic E-state index is -0.373. The number of aromatic amines is 1. The van der Waals surface area contributed by atoms with E-state index in [-0.39, 0.29) is 5.97 Å². The van der Waals surface area contributed by atoms with E-state index >= 15 is 0 Å². The Morgan fingerprint density at radius 2 is 1.75 bits per heavy atom. The number of nitrogens with zero attached hydrogens (tertiary/aromatic N) is 1. The highest BCUT2D eigenvalue weighted by atomic mass is 16.5. The predicted octanol–water partition coefficient (Wildman–Crippen LogP) is 3.30. The van der Waals surface area contributed by atoms with Crippen molar-refractivity contribution in [2.75, 3.05) is 0 Å². The van der Waals surface area contributed by atoms with Gasteiger partial charge in [0.15, 0.2) is 0 Å². The molecular formula is C16H12N2O2. The number of ether oxygens (including phenoxy) is 1. The lowest BCUT2D eigenvalue weighted by atomic mass is 10.1. The van der Waals surface area contributed by atoms with Crippen LogP contribution in [0.3, 0.4) is 0 Å². The third-order valence-electron chi connectivity index (χ3n) is 2.85. The summed E-state index contributed by atoms with van der Waals surface area (Å²) in [5, 5.41) is 0. The van der Waals surface area contributed by atoms with Crippen LogP contribution >= 0.6 is 0 Å². The molecule has 0 bridgehead atoms. The van der Waals surface area contributed by atoms with Crippen molar-refractivity contribution in [3.05, 3.63) is 72.6 Å². The first-order valence-electron chi connectivity index (χ1n) is 6.20. The highest BCUT2D eigenvalue weighted by molar-refractivity contribution is 5.91. The zero-order valence-corrected chi connectivity index (χ0v) is 10.6. The second-order valence-electron chi connectivity index (χ2n) is 4.22. The van der Waals surface area contributed by atoms with Gasteiger partial charge in [0.05, 0.1) is 5.56 Å². The van der Waals surface area contributed by atoms with E-state index in [0.29, 0.717) is 11.3 Å². The number of imidazole rings is 1. The summed E-state index contributed by atoms with van der Waals surface area (Å²) in [5.41, 5.74) is 1.43. The molecule has 1 heterocycles. The third-order valence-corrected chi connectivity index (χ3v) is 2.85. The molecule has 0 spiro atoms. The van der Waals surface area contributed by atoms with Crippen LogP contribution in [-0.4, -0.2) is 15.9 Å². The fraction of sp³-hybridized carbons (Fsp3) is 0. The summed E-state index contributed by atoms with van der Waals surface area (Å²) in [6.07, 6.45) is 3.44. The summed E-state index contributed by atoms with van der Waals surface area (Å²) in [6.45, 7) is 0. The zero-order valence-electron chi connectivity index (χ0n) is 10.6. The summed E-state index contributed by atoms with van der Waals surface area (Å²) < 4.78 is 5.27. The summed E-state index contributed by atoms with van der Waals surface area (Å²) in [5.74, 6) is 0.933. The number of rotatable bonds is 3. The van der Waals surface area contributed by atoms with Gasteiger partial charge in [-0.15, -0.1) is 0 Å². The van der Waals surface area contributed by atoms with Crippen molar-refractivity contribution >= 4 is 5.97 Å². The lowest BCUT2D eigenvalue weighted by Crippen LogP contribution is -2.08. The van der Waals surface area contributed by atoms with Crippen molar-refractivity contribution in [1.29, 1.82) is 0 Å². The molecule has 0 fully saturated rings. The molecule has 1 aromatic heterocycles. The van der Waals surface area contributed by atoms with Crippen LogP contribution in [0.15, 0.2) is 67.0 Å². The number of esters is 1. The zero-order chi connectivity index (χ0) is 13.8. The molecule has 1 N–H and O–H groups in total. The van der Waals surface area contributed by atoms with Crippen LogP contribution in [0, 0.1) is 0 Å². The number of nitrogens with one attached hydrogen (secondary N) is 1. The average Bonchev–Trinajstić information content (AvgIpc) is 3.03. The molecule has 3 rings (SSSR count). The van der Waals surface area contributed by atoms with E-state index in [9.17, 15) is 4.79 Å². The van der Waals surface area contributed by atoms with Gasteiger partial charge in [-0.1, -0.05) is 30.3 Å². The number of H-pyrrole nitrogens is 1. The molecule has 0 saturated carbocycles. The quantitative estimate of drug-likeness (QED) is 0.583. The lowest BCUT2D eigenvalue weighted by Gasteiger charge is -2.04. The molecule has 98 valence electrons. The molecule has 0 aliphatic heterocycles. The summed E-state index contributed by atoms with van der Waals surface area (Å²) in [4.78, 5) is 19.1. The van der Waals surface area contributed by atoms with E-state index in [1.54, 1.807) is 36.7 Å². The van der Waals surface area contributed by atoms with Crippen LogP contribution in [0.2, 0.25) is 0 Å². The van der Waals surface area contributed by atoms with Crippen molar-refractivity contribution in [1.82, 2.24) is 9.97 Å². The molecule has 0 aliphatic rings. The van der Waals surface area contributed by atoms with E-state index in [1.165, 1.54) is 0 Å². The van der Waals surface area contributed by atoms with Crippen molar-refractivity contribution in [2.24, 2.45) is 0 Å². The second kappa shape index (κ2) is 5.40. The van der Waals surface area contributed by atoms with Gasteiger partial charge < -0.3 is 9.72 Å². The molecule has 0 saturated heterocycles. The normalized spacial score (nSPS) is 10.2. The van der Waals surface area contributed by atoms with E-state index in [2.05, 4.69) is 9.97 Å². The van der Waals surface area contributed by atoms with Crippen molar-refractivity contribution in [3.8, 4) is 17.1 Å². The first kappa shape index (κ1) is 12.2. The number of carbonyl (C=O) groups excluding carboxylic acids is 1. The Hall–Kier alpha value is -2.88. The molecule has 0 radical (unpaired) electrons. The Bertz CT molecular complexity index is 689. The Kier molecular flexibility index (Phi) is 3.29. The first-order valence-corrected chi connectivity index (χ1v) is 6.20. The highest BCUT2D eigenvalue weighted by Gasteiger charge is 2.09. The maximum Gasteiger partial charge on any atom is 0.343 e. The van der Waals surface area contributed by atoms with Gasteiger partial charge in [0.25, 0.3) is 0 Å². The maximum atomic E-state index is 12.0. The fourth-order valence-corrected chi connectivity index (χ4v) is 1.84. The van der Waals surface area contributed by atoms with Gasteiger partial charge in [-0.05, 0) is 24.3 Å². The summed E-state index contributed by atoms with van der Waals surface area (Å²) in [6, 6.07) is 16.1.